The summed E-state index contributed by atoms with van der Waals surface area (Å²) < 4.78 is 5.60. The highest BCUT2D eigenvalue weighted by atomic mass is 16.5. The van der Waals surface area contributed by atoms with Gasteiger partial charge in [-0.2, -0.15) is 0 Å². The molecule has 1 aromatic rings. The van der Waals surface area contributed by atoms with Crippen LogP contribution in [0.3, 0.4) is 0 Å². The number of para-hydroxylation sites is 1. The van der Waals surface area contributed by atoms with Gasteiger partial charge < -0.3 is 9.84 Å². The molecular weight excluding hydrogens is 230 g/mol. The van der Waals surface area contributed by atoms with Crippen molar-refractivity contribution in [2.24, 2.45) is 0 Å². The van der Waals surface area contributed by atoms with Crippen LogP contribution in [0.15, 0.2) is 30.3 Å². The number of ether oxygens (including phenoxy) is 1. The number of carboxylic acids is 1. The summed E-state index contributed by atoms with van der Waals surface area (Å²) >= 11 is 0. The molecule has 4 nitrogen and oxygen atoms in total. The Labute approximate surface area is 107 Å². The maximum absolute atomic E-state index is 11.1. The minimum atomic E-state index is -0.714. The number of rotatable bonds is 5. The monoisotopic (exact) mass is 249 g/mol. The van der Waals surface area contributed by atoms with Gasteiger partial charge in [0.15, 0.2) is 0 Å². The highest BCUT2D eigenvalue weighted by Crippen LogP contribution is 2.17. The Morgan fingerprint density at radius 3 is 2.83 bits per heavy atom. The average Bonchev–Trinajstić information content (AvgIpc) is 2.40. The van der Waals surface area contributed by atoms with E-state index < -0.39 is 5.97 Å². The molecule has 0 bridgehead atoms. The van der Waals surface area contributed by atoms with Crippen molar-refractivity contribution in [3.8, 4) is 5.75 Å². The minimum absolute atomic E-state index is 0.335. The summed E-state index contributed by atoms with van der Waals surface area (Å²) in [4.78, 5) is 13.1. The molecule has 1 heterocycles. The number of benzene rings is 1. The second kappa shape index (κ2) is 6.40. The van der Waals surface area contributed by atoms with Crippen LogP contribution in [0.2, 0.25) is 0 Å². The van der Waals surface area contributed by atoms with Gasteiger partial charge in [-0.1, -0.05) is 24.6 Å². The van der Waals surface area contributed by atoms with Gasteiger partial charge in [0.05, 0.1) is 0 Å². The molecule has 1 aliphatic heterocycles. The van der Waals surface area contributed by atoms with E-state index in [0.29, 0.717) is 13.2 Å². The van der Waals surface area contributed by atoms with Crippen LogP contribution >= 0.6 is 0 Å². The first kappa shape index (κ1) is 12.9. The third-order valence-corrected chi connectivity index (χ3v) is 3.29. The molecule has 0 radical (unpaired) electrons. The van der Waals surface area contributed by atoms with Gasteiger partial charge in [-0.25, -0.2) is 0 Å². The van der Waals surface area contributed by atoms with Crippen molar-refractivity contribution in [2.75, 3.05) is 19.7 Å². The summed E-state index contributed by atoms with van der Waals surface area (Å²) in [6.07, 6.45) is 2.84. The maximum atomic E-state index is 11.1. The van der Waals surface area contributed by atoms with Crippen LogP contribution in [0.1, 0.15) is 19.3 Å². The van der Waals surface area contributed by atoms with Gasteiger partial charge in [-0.3, -0.25) is 9.69 Å². The van der Waals surface area contributed by atoms with Crippen molar-refractivity contribution in [3.63, 3.8) is 0 Å². The van der Waals surface area contributed by atoms with Gasteiger partial charge in [-0.05, 0) is 31.5 Å². The smallest absolute Gasteiger partial charge is 0.320 e. The van der Waals surface area contributed by atoms with Crippen molar-refractivity contribution in [2.45, 2.75) is 25.3 Å². The molecule has 18 heavy (non-hydrogen) atoms. The summed E-state index contributed by atoms with van der Waals surface area (Å²) in [5.41, 5.74) is 0. The van der Waals surface area contributed by atoms with E-state index in [1.165, 1.54) is 0 Å². The summed E-state index contributed by atoms with van der Waals surface area (Å²) in [7, 11) is 0. The van der Waals surface area contributed by atoms with Crippen LogP contribution < -0.4 is 4.74 Å². The number of aliphatic carboxylic acids is 1. The first-order chi connectivity index (χ1) is 8.77. The zero-order chi connectivity index (χ0) is 12.8. The van der Waals surface area contributed by atoms with E-state index in [1.54, 1.807) is 0 Å². The number of hydrogen-bond acceptors (Lipinski definition) is 3. The highest BCUT2D eigenvalue weighted by Gasteiger charge is 2.27. The Morgan fingerprint density at radius 1 is 1.33 bits per heavy atom. The van der Waals surface area contributed by atoms with E-state index in [9.17, 15) is 4.79 Å². The van der Waals surface area contributed by atoms with Gasteiger partial charge in [0.25, 0.3) is 0 Å². The summed E-state index contributed by atoms with van der Waals surface area (Å²) in [5.74, 6) is 0.121. The predicted molar refractivity (Wildman–Crippen MR) is 68.8 cm³/mol. The lowest BCUT2D eigenvalue weighted by atomic mass is 10.0. The van der Waals surface area contributed by atoms with Gasteiger partial charge in [0, 0.05) is 6.54 Å². The van der Waals surface area contributed by atoms with Crippen LogP contribution in [0.25, 0.3) is 0 Å². The van der Waals surface area contributed by atoms with E-state index in [4.69, 9.17) is 9.84 Å². The fourth-order valence-corrected chi connectivity index (χ4v) is 2.34. The summed E-state index contributed by atoms with van der Waals surface area (Å²) in [6, 6.07) is 9.28. The van der Waals surface area contributed by atoms with Gasteiger partial charge in [0.2, 0.25) is 0 Å². The third-order valence-electron chi connectivity index (χ3n) is 3.29. The molecule has 2 rings (SSSR count). The van der Waals surface area contributed by atoms with Crippen LogP contribution in [0.5, 0.6) is 5.75 Å². The molecule has 4 heteroatoms. The first-order valence-electron chi connectivity index (χ1n) is 6.42. The largest absolute Gasteiger partial charge is 0.492 e. The van der Waals surface area contributed by atoms with Crippen molar-refractivity contribution in [1.82, 2.24) is 4.90 Å². The lowest BCUT2D eigenvalue weighted by molar-refractivity contribution is -0.144. The molecule has 0 aromatic heterocycles. The SMILES string of the molecule is O=C(O)[C@H]1CCCCN1CCOc1ccccc1. The molecule has 98 valence electrons. The number of carbonyl (C=O) groups is 1. The van der Waals surface area contributed by atoms with Gasteiger partial charge in [-0.15, -0.1) is 0 Å². The van der Waals surface area contributed by atoms with Crippen LogP contribution in [-0.4, -0.2) is 41.7 Å². The Morgan fingerprint density at radius 2 is 2.11 bits per heavy atom. The lowest BCUT2D eigenvalue weighted by Crippen LogP contribution is -2.46. The number of likely N-dealkylation sites (tertiary alicyclic amines) is 1. The standard InChI is InChI=1S/C14H19NO3/c16-14(17)13-8-4-5-9-15(13)10-11-18-12-6-2-1-3-7-12/h1-3,6-7,13H,4-5,8-11H2,(H,16,17)/t13-/m1/s1. The molecule has 1 N–H and O–H groups in total. The average molecular weight is 249 g/mol. The Hall–Kier alpha value is -1.55. The quantitative estimate of drug-likeness (QED) is 0.867. The van der Waals surface area contributed by atoms with E-state index >= 15 is 0 Å². The molecule has 0 aliphatic carbocycles. The van der Waals surface area contributed by atoms with Crippen molar-refractivity contribution in [3.05, 3.63) is 30.3 Å². The fourth-order valence-electron chi connectivity index (χ4n) is 2.34. The van der Waals surface area contributed by atoms with Crippen molar-refractivity contribution in [1.29, 1.82) is 0 Å². The van der Waals surface area contributed by atoms with E-state index in [1.807, 2.05) is 35.2 Å². The van der Waals surface area contributed by atoms with Crippen LogP contribution in [-0.2, 0) is 4.79 Å². The molecule has 1 saturated heterocycles. The second-order valence-corrected chi connectivity index (χ2v) is 4.55. The normalized spacial score (nSPS) is 20.6. The number of hydrogen-bond donors (Lipinski definition) is 1. The molecule has 0 saturated carbocycles. The van der Waals surface area contributed by atoms with E-state index in [0.717, 1.165) is 31.6 Å². The van der Waals surface area contributed by atoms with Crippen LogP contribution in [0, 0.1) is 0 Å². The zero-order valence-electron chi connectivity index (χ0n) is 10.4. The molecule has 1 atom stereocenters. The maximum Gasteiger partial charge on any atom is 0.320 e. The zero-order valence-corrected chi connectivity index (χ0v) is 10.4. The van der Waals surface area contributed by atoms with Crippen LogP contribution in [0.4, 0.5) is 0 Å². The molecule has 0 spiro atoms. The van der Waals surface area contributed by atoms with E-state index in [2.05, 4.69) is 0 Å². The highest BCUT2D eigenvalue weighted by molar-refractivity contribution is 5.73. The summed E-state index contributed by atoms with van der Waals surface area (Å²) in [6.45, 7) is 2.06. The second-order valence-electron chi connectivity index (χ2n) is 4.55. The Bertz CT molecular complexity index is 380. The molecule has 1 aliphatic rings. The van der Waals surface area contributed by atoms with Gasteiger partial charge in [0.1, 0.15) is 18.4 Å². The lowest BCUT2D eigenvalue weighted by Gasteiger charge is -2.32. The fraction of sp³-hybridized carbons (Fsp3) is 0.500. The first-order valence-corrected chi connectivity index (χ1v) is 6.42. The number of nitrogens with zero attached hydrogens (tertiary/aromatic N) is 1. The van der Waals surface area contributed by atoms with Crippen molar-refractivity contribution >= 4 is 5.97 Å². The summed E-state index contributed by atoms with van der Waals surface area (Å²) in [5, 5.41) is 9.14. The molecule has 1 aromatic carbocycles. The topological polar surface area (TPSA) is 49.8 Å². The molecule has 0 amide bonds. The van der Waals surface area contributed by atoms with Gasteiger partial charge >= 0.3 is 5.97 Å². The Kier molecular flexibility index (Phi) is 4.59. The predicted octanol–water partition coefficient (Wildman–Crippen LogP) is 2.00. The number of carboxylic acid groups (broad SMARTS) is 1. The molecule has 0 unspecified atom stereocenters. The third kappa shape index (κ3) is 3.47. The molecule has 1 fully saturated rings. The Balaban J connectivity index is 1.79. The number of piperidine rings is 1. The van der Waals surface area contributed by atoms with E-state index in [-0.39, 0.29) is 6.04 Å². The van der Waals surface area contributed by atoms with Crippen molar-refractivity contribution < 1.29 is 14.6 Å². The molecular formula is C14H19NO3. The minimum Gasteiger partial charge on any atom is -0.492 e.